The Bertz CT molecular complexity index is 1380. The average Bonchev–Trinajstić information content (AvgIpc) is 2.87. The molecule has 0 atom stereocenters. The molecule has 1 aliphatic rings. The summed E-state index contributed by atoms with van der Waals surface area (Å²) in [4.78, 5) is 28.2. The molecular formula is C28H31N3O5S. The molecule has 1 heterocycles. The van der Waals surface area contributed by atoms with Crippen molar-refractivity contribution in [2.45, 2.75) is 25.7 Å². The van der Waals surface area contributed by atoms with E-state index in [0.29, 0.717) is 43.2 Å². The van der Waals surface area contributed by atoms with E-state index in [4.69, 9.17) is 4.74 Å². The summed E-state index contributed by atoms with van der Waals surface area (Å²) in [5, 5.41) is 2.77. The van der Waals surface area contributed by atoms with Crippen LogP contribution in [0.2, 0.25) is 0 Å². The Morgan fingerprint density at radius 2 is 1.51 bits per heavy atom. The minimum absolute atomic E-state index is 0.0907. The maximum atomic E-state index is 13.7. The van der Waals surface area contributed by atoms with Crippen LogP contribution in [-0.4, -0.2) is 58.0 Å². The molecule has 0 bridgehead atoms. The van der Waals surface area contributed by atoms with Gasteiger partial charge in [-0.25, -0.2) is 8.42 Å². The van der Waals surface area contributed by atoms with Gasteiger partial charge in [0.25, 0.3) is 15.9 Å². The molecule has 8 nitrogen and oxygen atoms in total. The maximum absolute atomic E-state index is 13.7. The predicted octanol–water partition coefficient (Wildman–Crippen LogP) is 3.92. The van der Waals surface area contributed by atoms with Crippen LogP contribution in [0, 0.1) is 20.8 Å². The first-order valence-electron chi connectivity index (χ1n) is 12.1. The van der Waals surface area contributed by atoms with Gasteiger partial charge in [0, 0.05) is 13.1 Å². The van der Waals surface area contributed by atoms with Crippen LogP contribution in [0.1, 0.15) is 27.0 Å². The summed E-state index contributed by atoms with van der Waals surface area (Å²) in [5.41, 5.74) is 3.75. The summed E-state index contributed by atoms with van der Waals surface area (Å²) in [6.07, 6.45) is 0. The second kappa shape index (κ2) is 11.1. The maximum Gasteiger partial charge on any atom is 0.264 e. The van der Waals surface area contributed by atoms with Gasteiger partial charge in [-0.3, -0.25) is 13.9 Å². The highest BCUT2D eigenvalue weighted by Gasteiger charge is 2.28. The number of amides is 2. The second-order valence-electron chi connectivity index (χ2n) is 9.17. The molecule has 3 aromatic carbocycles. The molecule has 1 N–H and O–H groups in total. The van der Waals surface area contributed by atoms with Crippen molar-refractivity contribution < 1.29 is 22.7 Å². The fourth-order valence-electron chi connectivity index (χ4n) is 4.28. The number of anilines is 2. The number of carbonyl (C=O) groups is 2. The fraction of sp³-hybridized carbons (Fsp3) is 0.286. The van der Waals surface area contributed by atoms with Crippen LogP contribution >= 0.6 is 0 Å². The van der Waals surface area contributed by atoms with Crippen molar-refractivity contribution in [3.8, 4) is 0 Å². The Labute approximate surface area is 217 Å². The molecule has 2 amide bonds. The number of sulfonamides is 1. The van der Waals surface area contributed by atoms with Crippen molar-refractivity contribution >= 4 is 33.2 Å². The van der Waals surface area contributed by atoms with E-state index < -0.39 is 22.5 Å². The molecule has 1 fully saturated rings. The van der Waals surface area contributed by atoms with E-state index in [9.17, 15) is 18.0 Å². The summed E-state index contributed by atoms with van der Waals surface area (Å²) < 4.78 is 33.9. The van der Waals surface area contributed by atoms with Gasteiger partial charge in [-0.15, -0.1) is 0 Å². The lowest BCUT2D eigenvalue weighted by atomic mass is 10.1. The lowest BCUT2D eigenvalue weighted by Crippen LogP contribution is -2.41. The minimum Gasteiger partial charge on any atom is -0.378 e. The summed E-state index contributed by atoms with van der Waals surface area (Å²) in [6.45, 7) is 7.03. The molecule has 4 rings (SSSR count). The number of para-hydroxylation sites is 1. The highest BCUT2D eigenvalue weighted by atomic mass is 32.2. The molecule has 194 valence electrons. The molecule has 0 saturated carbocycles. The molecule has 1 saturated heterocycles. The van der Waals surface area contributed by atoms with Gasteiger partial charge in [0.15, 0.2) is 0 Å². The zero-order valence-corrected chi connectivity index (χ0v) is 22.0. The first-order valence-corrected chi connectivity index (χ1v) is 13.5. The highest BCUT2D eigenvalue weighted by Crippen LogP contribution is 2.27. The topological polar surface area (TPSA) is 96.0 Å². The predicted molar refractivity (Wildman–Crippen MR) is 143 cm³/mol. The van der Waals surface area contributed by atoms with E-state index in [0.717, 1.165) is 21.0 Å². The van der Waals surface area contributed by atoms with E-state index in [1.54, 1.807) is 53.4 Å². The van der Waals surface area contributed by atoms with Gasteiger partial charge in [-0.2, -0.15) is 0 Å². The van der Waals surface area contributed by atoms with Crippen LogP contribution in [0.25, 0.3) is 0 Å². The molecule has 3 aromatic rings. The van der Waals surface area contributed by atoms with Gasteiger partial charge in [-0.05, 0) is 68.3 Å². The Morgan fingerprint density at radius 3 is 2.16 bits per heavy atom. The summed E-state index contributed by atoms with van der Waals surface area (Å²) in [6, 6.07) is 18.7. The second-order valence-corrected chi connectivity index (χ2v) is 11.0. The number of nitrogens with zero attached hydrogens (tertiary/aromatic N) is 2. The number of carbonyl (C=O) groups excluding carboxylic acids is 2. The lowest BCUT2D eigenvalue weighted by molar-refractivity contribution is -0.114. The first-order chi connectivity index (χ1) is 17.6. The number of nitrogens with one attached hydrogen (secondary N) is 1. The van der Waals surface area contributed by atoms with E-state index in [1.165, 1.54) is 12.1 Å². The van der Waals surface area contributed by atoms with Gasteiger partial charge in [0.1, 0.15) is 6.54 Å². The molecule has 9 heteroatoms. The van der Waals surface area contributed by atoms with Crippen molar-refractivity contribution in [3.63, 3.8) is 0 Å². The van der Waals surface area contributed by atoms with Crippen LogP contribution in [0.5, 0.6) is 0 Å². The third-order valence-corrected chi connectivity index (χ3v) is 7.91. The Kier molecular flexibility index (Phi) is 7.94. The van der Waals surface area contributed by atoms with Crippen LogP contribution in [0.15, 0.2) is 71.6 Å². The first kappa shape index (κ1) is 26.4. The molecule has 0 aliphatic carbocycles. The Morgan fingerprint density at radius 1 is 0.892 bits per heavy atom. The molecule has 0 aromatic heterocycles. The van der Waals surface area contributed by atoms with Crippen molar-refractivity contribution in [3.05, 3.63) is 89.0 Å². The number of morpholine rings is 1. The van der Waals surface area contributed by atoms with Crippen molar-refractivity contribution in [2.75, 3.05) is 42.5 Å². The van der Waals surface area contributed by atoms with Crippen LogP contribution in [-0.2, 0) is 19.6 Å². The standard InChI is InChI=1S/C28H31N3O5S/c1-20-8-10-24(11-9-20)37(34,35)31(23-17-21(2)16-22(3)18-23)19-27(32)29-26-7-5-4-6-25(26)28(33)30-12-14-36-15-13-30/h4-11,16-18H,12-15,19H2,1-3H3,(H,29,32). The molecule has 0 radical (unpaired) electrons. The van der Waals surface area contributed by atoms with Crippen molar-refractivity contribution in [1.29, 1.82) is 0 Å². The lowest BCUT2D eigenvalue weighted by Gasteiger charge is -2.28. The Hall–Kier alpha value is -3.69. The van der Waals surface area contributed by atoms with Gasteiger partial charge in [0.05, 0.1) is 35.0 Å². The van der Waals surface area contributed by atoms with Crippen LogP contribution < -0.4 is 9.62 Å². The zero-order valence-electron chi connectivity index (χ0n) is 21.2. The quantitative estimate of drug-likeness (QED) is 0.509. The van der Waals surface area contributed by atoms with E-state index in [1.807, 2.05) is 26.8 Å². The monoisotopic (exact) mass is 521 g/mol. The molecular weight excluding hydrogens is 490 g/mol. The molecule has 37 heavy (non-hydrogen) atoms. The van der Waals surface area contributed by atoms with Crippen molar-refractivity contribution in [1.82, 2.24) is 4.90 Å². The smallest absolute Gasteiger partial charge is 0.264 e. The molecule has 0 unspecified atom stereocenters. The van der Waals surface area contributed by atoms with E-state index >= 15 is 0 Å². The van der Waals surface area contributed by atoms with Gasteiger partial charge < -0.3 is 15.0 Å². The molecule has 0 spiro atoms. The average molecular weight is 522 g/mol. The number of rotatable bonds is 7. The van der Waals surface area contributed by atoms with Crippen LogP contribution in [0.4, 0.5) is 11.4 Å². The minimum atomic E-state index is -4.05. The number of ether oxygens (including phenoxy) is 1. The number of hydrogen-bond donors (Lipinski definition) is 1. The molecule has 1 aliphatic heterocycles. The summed E-state index contributed by atoms with van der Waals surface area (Å²) >= 11 is 0. The highest BCUT2D eigenvalue weighted by molar-refractivity contribution is 7.92. The van der Waals surface area contributed by atoms with E-state index in [-0.39, 0.29) is 10.8 Å². The number of benzene rings is 3. The normalized spacial score (nSPS) is 13.8. The SMILES string of the molecule is Cc1ccc(S(=O)(=O)N(CC(=O)Nc2ccccc2C(=O)N2CCOCC2)c2cc(C)cc(C)c2)cc1. The van der Waals surface area contributed by atoms with Gasteiger partial charge >= 0.3 is 0 Å². The van der Waals surface area contributed by atoms with E-state index in [2.05, 4.69) is 5.32 Å². The van der Waals surface area contributed by atoms with Gasteiger partial charge in [-0.1, -0.05) is 35.9 Å². The van der Waals surface area contributed by atoms with Gasteiger partial charge in [0.2, 0.25) is 5.91 Å². The zero-order chi connectivity index (χ0) is 26.6. The largest absolute Gasteiger partial charge is 0.378 e. The third-order valence-electron chi connectivity index (χ3n) is 6.12. The summed E-state index contributed by atoms with van der Waals surface area (Å²) in [7, 11) is -4.05. The van der Waals surface area contributed by atoms with Crippen LogP contribution in [0.3, 0.4) is 0 Å². The number of aryl methyl sites for hydroxylation is 3. The fourth-order valence-corrected chi connectivity index (χ4v) is 5.69. The number of hydrogen-bond acceptors (Lipinski definition) is 5. The Balaban J connectivity index is 1.64. The van der Waals surface area contributed by atoms with Crippen molar-refractivity contribution in [2.24, 2.45) is 0 Å². The third kappa shape index (κ3) is 6.18. The summed E-state index contributed by atoms with van der Waals surface area (Å²) in [5.74, 6) is -0.769.